The molecule has 0 atom stereocenters. The predicted molar refractivity (Wildman–Crippen MR) is 108 cm³/mol. The molecule has 2 N–H and O–H groups in total. The van der Waals surface area contributed by atoms with Gasteiger partial charge in [0.15, 0.2) is 5.96 Å². The quantitative estimate of drug-likeness (QED) is 0.642. The van der Waals surface area contributed by atoms with Crippen LogP contribution in [0.15, 0.2) is 29.3 Å². The molecule has 0 saturated carbocycles. The lowest BCUT2D eigenvalue weighted by Gasteiger charge is -2.36. The van der Waals surface area contributed by atoms with Crippen LogP contribution in [0, 0.1) is 5.82 Å². The van der Waals surface area contributed by atoms with E-state index in [2.05, 4.69) is 29.6 Å². The molecule has 7 nitrogen and oxygen atoms in total. The summed E-state index contributed by atoms with van der Waals surface area (Å²) in [5.41, 5.74) is 7.27. The third kappa shape index (κ3) is 4.26. The van der Waals surface area contributed by atoms with E-state index in [4.69, 9.17) is 5.73 Å². The van der Waals surface area contributed by atoms with Crippen LogP contribution in [0.5, 0.6) is 0 Å². The van der Waals surface area contributed by atoms with Crippen molar-refractivity contribution in [1.82, 2.24) is 19.7 Å². The minimum atomic E-state index is -0.205. The van der Waals surface area contributed by atoms with Gasteiger partial charge in [0.05, 0.1) is 0 Å². The van der Waals surface area contributed by atoms with Crippen LogP contribution in [0.4, 0.5) is 10.1 Å². The second-order valence-electron chi connectivity index (χ2n) is 7.44. The van der Waals surface area contributed by atoms with Crippen LogP contribution >= 0.6 is 0 Å². The molecule has 2 aliphatic heterocycles. The van der Waals surface area contributed by atoms with Gasteiger partial charge in [-0.1, -0.05) is 6.42 Å². The van der Waals surface area contributed by atoms with Gasteiger partial charge in [0.2, 0.25) is 0 Å². The number of piperazine rings is 1. The number of benzene rings is 1. The number of aryl methyl sites for hydroxylation is 1. The largest absolute Gasteiger partial charge is 0.370 e. The van der Waals surface area contributed by atoms with Gasteiger partial charge in [-0.3, -0.25) is 4.99 Å². The van der Waals surface area contributed by atoms with Gasteiger partial charge < -0.3 is 20.1 Å². The Labute approximate surface area is 165 Å². The second kappa shape index (κ2) is 8.58. The molecule has 1 aromatic carbocycles. The molecule has 150 valence electrons. The summed E-state index contributed by atoms with van der Waals surface area (Å²) in [5, 5.41) is 8.70. The Bertz CT molecular complexity index is 806. The Morgan fingerprint density at radius 2 is 1.79 bits per heavy atom. The molecule has 28 heavy (non-hydrogen) atoms. The molecule has 1 saturated heterocycles. The molecule has 0 amide bonds. The number of hydrogen-bond acceptors (Lipinski definition) is 4. The number of hydrogen-bond donors (Lipinski definition) is 1. The smallest absolute Gasteiger partial charge is 0.191 e. The van der Waals surface area contributed by atoms with Crippen molar-refractivity contribution in [3.8, 4) is 0 Å². The maximum absolute atomic E-state index is 13.1. The van der Waals surface area contributed by atoms with E-state index in [0.29, 0.717) is 12.5 Å². The number of rotatable bonds is 4. The zero-order chi connectivity index (χ0) is 19.3. The molecule has 8 heteroatoms. The van der Waals surface area contributed by atoms with Gasteiger partial charge in [-0.25, -0.2) is 4.39 Å². The number of anilines is 1. The molecule has 0 aliphatic carbocycles. The van der Waals surface area contributed by atoms with Crippen molar-refractivity contribution in [2.45, 2.75) is 38.6 Å². The molecule has 0 bridgehead atoms. The second-order valence-corrected chi connectivity index (χ2v) is 7.44. The molecule has 2 aromatic rings. The molecule has 4 rings (SSSR count). The van der Waals surface area contributed by atoms with E-state index in [0.717, 1.165) is 62.9 Å². The maximum Gasteiger partial charge on any atom is 0.191 e. The van der Waals surface area contributed by atoms with E-state index in [1.807, 2.05) is 12.1 Å². The fraction of sp³-hybridized carbons (Fsp3) is 0.550. The van der Waals surface area contributed by atoms with Crippen LogP contribution in [-0.2, 0) is 19.4 Å². The molecule has 1 aromatic heterocycles. The number of guanidine groups is 1. The van der Waals surface area contributed by atoms with Crippen molar-refractivity contribution in [3.63, 3.8) is 0 Å². The van der Waals surface area contributed by atoms with E-state index < -0.39 is 0 Å². The van der Waals surface area contributed by atoms with Crippen molar-refractivity contribution in [2.24, 2.45) is 10.7 Å². The van der Waals surface area contributed by atoms with Gasteiger partial charge in [0.1, 0.15) is 17.5 Å². The Hall–Kier alpha value is -2.64. The standard InChI is InChI=1S/C20H28FN7/c21-16-5-7-17(8-6-16)26-12-14-27(15-13-26)20(22)23-10-9-19-25-24-18-4-2-1-3-11-28(18)19/h5-8H,1-4,9-15H2,(H2,22,23). The molecule has 2 aliphatic rings. The van der Waals surface area contributed by atoms with Gasteiger partial charge in [0.25, 0.3) is 0 Å². The monoisotopic (exact) mass is 385 g/mol. The maximum atomic E-state index is 13.1. The third-order valence-corrected chi connectivity index (χ3v) is 5.59. The van der Waals surface area contributed by atoms with Gasteiger partial charge in [-0.2, -0.15) is 0 Å². The van der Waals surface area contributed by atoms with Crippen molar-refractivity contribution < 1.29 is 4.39 Å². The highest BCUT2D eigenvalue weighted by Gasteiger charge is 2.19. The normalized spacial score (nSPS) is 18.1. The van der Waals surface area contributed by atoms with Crippen LogP contribution in [0.2, 0.25) is 0 Å². The zero-order valence-corrected chi connectivity index (χ0v) is 16.2. The highest BCUT2D eigenvalue weighted by molar-refractivity contribution is 5.78. The Morgan fingerprint density at radius 3 is 2.57 bits per heavy atom. The molecule has 1 fully saturated rings. The first-order valence-corrected chi connectivity index (χ1v) is 10.2. The lowest BCUT2D eigenvalue weighted by Crippen LogP contribution is -2.51. The summed E-state index contributed by atoms with van der Waals surface area (Å²) >= 11 is 0. The lowest BCUT2D eigenvalue weighted by molar-refractivity contribution is 0.380. The van der Waals surface area contributed by atoms with Crippen molar-refractivity contribution >= 4 is 11.6 Å². The van der Waals surface area contributed by atoms with Gasteiger partial charge in [0, 0.05) is 57.8 Å². The van der Waals surface area contributed by atoms with Gasteiger partial charge in [-0.05, 0) is 37.1 Å². The lowest BCUT2D eigenvalue weighted by atomic mass is 10.2. The fourth-order valence-electron chi connectivity index (χ4n) is 3.95. The minimum Gasteiger partial charge on any atom is -0.370 e. The zero-order valence-electron chi connectivity index (χ0n) is 16.2. The summed E-state index contributed by atoms with van der Waals surface area (Å²) in [6.07, 6.45) is 5.45. The highest BCUT2D eigenvalue weighted by atomic mass is 19.1. The van der Waals surface area contributed by atoms with E-state index in [9.17, 15) is 4.39 Å². The van der Waals surface area contributed by atoms with E-state index >= 15 is 0 Å². The van der Waals surface area contributed by atoms with Crippen LogP contribution in [0.25, 0.3) is 0 Å². The minimum absolute atomic E-state index is 0.205. The van der Waals surface area contributed by atoms with E-state index in [-0.39, 0.29) is 5.82 Å². The molecular formula is C20H28FN7. The van der Waals surface area contributed by atoms with E-state index in [1.165, 1.54) is 31.4 Å². The molecule has 0 radical (unpaired) electrons. The molecule has 0 unspecified atom stereocenters. The number of nitrogens with zero attached hydrogens (tertiary/aromatic N) is 6. The summed E-state index contributed by atoms with van der Waals surface area (Å²) in [5.74, 6) is 2.52. The summed E-state index contributed by atoms with van der Waals surface area (Å²) < 4.78 is 15.4. The number of nitrogens with two attached hydrogens (primary N) is 1. The molecule has 3 heterocycles. The van der Waals surface area contributed by atoms with E-state index in [1.54, 1.807) is 0 Å². The van der Waals surface area contributed by atoms with Gasteiger partial charge in [-0.15, -0.1) is 10.2 Å². The number of fused-ring (bicyclic) bond motifs is 1. The Morgan fingerprint density at radius 1 is 1.00 bits per heavy atom. The number of aliphatic imine (C=N–C) groups is 1. The predicted octanol–water partition coefficient (Wildman–Crippen LogP) is 1.82. The number of halogens is 1. The van der Waals surface area contributed by atoms with Crippen LogP contribution in [-0.4, -0.2) is 58.3 Å². The highest BCUT2D eigenvalue weighted by Crippen LogP contribution is 2.17. The molecular weight excluding hydrogens is 357 g/mol. The number of aromatic nitrogens is 3. The average molecular weight is 385 g/mol. The van der Waals surface area contributed by atoms with Gasteiger partial charge >= 0.3 is 0 Å². The first kappa shape index (κ1) is 18.7. The van der Waals surface area contributed by atoms with Crippen LogP contribution in [0.3, 0.4) is 0 Å². The summed E-state index contributed by atoms with van der Waals surface area (Å²) in [6, 6.07) is 6.65. The van der Waals surface area contributed by atoms with Crippen molar-refractivity contribution in [3.05, 3.63) is 41.7 Å². The Kier molecular flexibility index (Phi) is 5.73. The summed E-state index contributed by atoms with van der Waals surface area (Å²) in [6.45, 7) is 4.96. The fourth-order valence-corrected chi connectivity index (χ4v) is 3.95. The molecule has 0 spiro atoms. The third-order valence-electron chi connectivity index (χ3n) is 5.59. The first-order valence-electron chi connectivity index (χ1n) is 10.2. The van der Waals surface area contributed by atoms with Crippen LogP contribution in [0.1, 0.15) is 30.9 Å². The first-order chi connectivity index (χ1) is 13.7. The Balaban J connectivity index is 1.28. The summed E-state index contributed by atoms with van der Waals surface area (Å²) in [4.78, 5) is 8.94. The summed E-state index contributed by atoms with van der Waals surface area (Å²) in [7, 11) is 0. The topological polar surface area (TPSA) is 75.6 Å². The average Bonchev–Trinajstić information content (AvgIpc) is 2.95. The SMILES string of the molecule is NC(=NCCc1nnc2n1CCCCC2)N1CCN(c2ccc(F)cc2)CC1. The van der Waals surface area contributed by atoms with Crippen molar-refractivity contribution in [1.29, 1.82) is 0 Å². The van der Waals surface area contributed by atoms with Crippen molar-refractivity contribution in [2.75, 3.05) is 37.6 Å². The van der Waals surface area contributed by atoms with Crippen LogP contribution < -0.4 is 10.6 Å².